The number of amides is 1. The summed E-state index contributed by atoms with van der Waals surface area (Å²) in [7, 11) is 0. The lowest BCUT2D eigenvalue weighted by molar-refractivity contribution is -0.313. The number of carbonyl (C=O) groups is 3. The molecule has 1 aromatic carbocycles. The van der Waals surface area contributed by atoms with Gasteiger partial charge < -0.3 is 25.1 Å². The van der Waals surface area contributed by atoms with Gasteiger partial charge in [-0.15, -0.1) is 0 Å². The molecule has 6 heteroatoms. The molecule has 132 valence electrons. The van der Waals surface area contributed by atoms with E-state index in [1.54, 1.807) is 6.92 Å². The first-order valence-electron chi connectivity index (χ1n) is 8.17. The average molecular weight is 333 g/mol. The molecule has 24 heavy (non-hydrogen) atoms. The van der Waals surface area contributed by atoms with Gasteiger partial charge in [0.2, 0.25) is 5.91 Å². The number of carbonyl (C=O) groups excluding carboxylic acids is 3. The van der Waals surface area contributed by atoms with Crippen LogP contribution in [0.15, 0.2) is 24.3 Å². The van der Waals surface area contributed by atoms with Crippen LogP contribution in [0.2, 0.25) is 0 Å². The van der Waals surface area contributed by atoms with Crippen molar-refractivity contribution in [3.8, 4) is 0 Å². The van der Waals surface area contributed by atoms with Crippen molar-refractivity contribution < 1.29 is 24.6 Å². The summed E-state index contributed by atoms with van der Waals surface area (Å²) < 4.78 is 0. The summed E-state index contributed by atoms with van der Waals surface area (Å²) in [5.74, 6) is -3.71. The van der Waals surface area contributed by atoms with E-state index in [0.717, 1.165) is 19.3 Å². The summed E-state index contributed by atoms with van der Waals surface area (Å²) in [6.45, 7) is 3.77. The zero-order valence-electron chi connectivity index (χ0n) is 14.0. The average Bonchev–Trinajstić information content (AvgIpc) is 2.51. The molecule has 0 saturated carbocycles. The Morgan fingerprint density at radius 2 is 1.71 bits per heavy atom. The van der Waals surface area contributed by atoms with Crippen LogP contribution < -0.4 is 15.5 Å². The predicted octanol–water partition coefficient (Wildman–Crippen LogP) is 0.961. The summed E-state index contributed by atoms with van der Waals surface area (Å²) in [4.78, 5) is 34.0. The first-order valence-corrected chi connectivity index (χ1v) is 8.17. The smallest absolute Gasteiger partial charge is 0.224 e. The van der Waals surface area contributed by atoms with Crippen LogP contribution in [0, 0.1) is 11.8 Å². The Morgan fingerprint density at radius 3 is 2.21 bits per heavy atom. The number of carboxylic acid groups (broad SMARTS) is 2. The highest BCUT2D eigenvalue weighted by Gasteiger charge is 2.21. The molecule has 0 aliphatic heterocycles. The van der Waals surface area contributed by atoms with Gasteiger partial charge in [0.15, 0.2) is 0 Å². The van der Waals surface area contributed by atoms with Crippen LogP contribution in [0.5, 0.6) is 0 Å². The minimum atomic E-state index is -1.29. The van der Waals surface area contributed by atoms with Crippen LogP contribution in [-0.2, 0) is 9.59 Å². The molecule has 2 atom stereocenters. The SMILES string of the molecule is CCCCCC(C(=O)[O-])C(C)CC(=O)Nc1ccc(C(=O)[O-])cc1. The summed E-state index contributed by atoms with van der Waals surface area (Å²) in [6, 6.07) is 5.60. The Labute approximate surface area is 141 Å². The van der Waals surface area contributed by atoms with E-state index in [0.29, 0.717) is 12.1 Å². The first-order chi connectivity index (χ1) is 11.3. The minimum absolute atomic E-state index is 0.0225. The van der Waals surface area contributed by atoms with Gasteiger partial charge in [-0.05, 0) is 30.0 Å². The summed E-state index contributed by atoms with van der Waals surface area (Å²) >= 11 is 0. The van der Waals surface area contributed by atoms with Crippen molar-refractivity contribution in [3.63, 3.8) is 0 Å². The number of hydrogen-bond donors (Lipinski definition) is 1. The molecular weight excluding hydrogens is 310 g/mol. The number of carboxylic acids is 2. The van der Waals surface area contributed by atoms with E-state index < -0.39 is 17.9 Å². The number of anilines is 1. The third kappa shape index (κ3) is 6.40. The Hall–Kier alpha value is -2.37. The highest BCUT2D eigenvalue weighted by molar-refractivity contribution is 5.92. The van der Waals surface area contributed by atoms with Crippen molar-refractivity contribution in [1.29, 1.82) is 0 Å². The van der Waals surface area contributed by atoms with Crippen LogP contribution >= 0.6 is 0 Å². The number of unbranched alkanes of at least 4 members (excludes halogenated alkanes) is 2. The Balaban J connectivity index is 2.57. The second-order valence-electron chi connectivity index (χ2n) is 6.02. The van der Waals surface area contributed by atoms with E-state index in [9.17, 15) is 24.6 Å². The number of hydrogen-bond acceptors (Lipinski definition) is 5. The summed E-state index contributed by atoms with van der Waals surface area (Å²) in [6.07, 6.45) is 3.31. The molecule has 0 spiro atoms. The van der Waals surface area contributed by atoms with E-state index in [2.05, 4.69) is 5.32 Å². The van der Waals surface area contributed by atoms with Gasteiger partial charge in [0, 0.05) is 24.0 Å². The molecule has 2 unspecified atom stereocenters. The van der Waals surface area contributed by atoms with Crippen LogP contribution in [0.1, 0.15) is 56.3 Å². The van der Waals surface area contributed by atoms with Crippen LogP contribution in [0.4, 0.5) is 5.69 Å². The number of benzene rings is 1. The third-order valence-electron chi connectivity index (χ3n) is 4.02. The molecule has 0 radical (unpaired) electrons. The number of rotatable bonds is 10. The second kappa shape index (κ2) is 9.70. The number of aliphatic carboxylic acids is 1. The molecule has 0 aliphatic carbocycles. The molecule has 1 amide bonds. The number of nitrogens with one attached hydrogen (secondary N) is 1. The predicted molar refractivity (Wildman–Crippen MR) is 85.8 cm³/mol. The fourth-order valence-corrected chi connectivity index (χ4v) is 2.59. The fraction of sp³-hybridized carbons (Fsp3) is 0.500. The van der Waals surface area contributed by atoms with E-state index in [4.69, 9.17) is 0 Å². The van der Waals surface area contributed by atoms with Gasteiger partial charge in [0.25, 0.3) is 0 Å². The molecular formula is C18H23NO5-2. The fourth-order valence-electron chi connectivity index (χ4n) is 2.59. The van der Waals surface area contributed by atoms with Crippen molar-refractivity contribution in [2.24, 2.45) is 11.8 Å². The Bertz CT molecular complexity index is 567. The molecule has 0 heterocycles. The first kappa shape index (κ1) is 19.7. The zero-order valence-corrected chi connectivity index (χ0v) is 14.0. The molecule has 1 N–H and O–H groups in total. The van der Waals surface area contributed by atoms with Gasteiger partial charge in [0.1, 0.15) is 0 Å². The molecule has 6 nitrogen and oxygen atoms in total. The van der Waals surface area contributed by atoms with Crippen molar-refractivity contribution in [2.75, 3.05) is 5.32 Å². The van der Waals surface area contributed by atoms with Gasteiger partial charge in [-0.3, -0.25) is 4.79 Å². The van der Waals surface area contributed by atoms with Gasteiger partial charge in [-0.2, -0.15) is 0 Å². The third-order valence-corrected chi connectivity index (χ3v) is 4.02. The maximum Gasteiger partial charge on any atom is 0.224 e. The normalized spacial score (nSPS) is 13.1. The van der Waals surface area contributed by atoms with Gasteiger partial charge in [-0.1, -0.05) is 45.2 Å². The minimum Gasteiger partial charge on any atom is -0.550 e. The van der Waals surface area contributed by atoms with Crippen LogP contribution in [0.3, 0.4) is 0 Å². The Morgan fingerprint density at radius 1 is 1.08 bits per heavy atom. The molecule has 1 rings (SSSR count). The maximum atomic E-state index is 12.0. The summed E-state index contributed by atoms with van der Waals surface area (Å²) in [5, 5.41) is 24.6. The van der Waals surface area contributed by atoms with Gasteiger partial charge in [0.05, 0.1) is 5.97 Å². The molecule has 0 aliphatic rings. The Kier molecular flexibility index (Phi) is 7.95. The molecule has 0 fully saturated rings. The van der Waals surface area contributed by atoms with Crippen LogP contribution in [0.25, 0.3) is 0 Å². The van der Waals surface area contributed by atoms with Crippen molar-refractivity contribution in [3.05, 3.63) is 29.8 Å². The topological polar surface area (TPSA) is 109 Å². The van der Waals surface area contributed by atoms with Crippen molar-refractivity contribution in [2.45, 2.75) is 46.0 Å². The van der Waals surface area contributed by atoms with E-state index in [1.807, 2.05) is 6.92 Å². The van der Waals surface area contributed by atoms with E-state index in [1.165, 1.54) is 24.3 Å². The lowest BCUT2D eigenvalue weighted by Crippen LogP contribution is -2.36. The van der Waals surface area contributed by atoms with Gasteiger partial charge >= 0.3 is 0 Å². The molecule has 0 aromatic heterocycles. The standard InChI is InChI=1S/C18H25NO5/c1-3-4-5-6-15(18(23)24)12(2)11-16(20)19-14-9-7-13(8-10-14)17(21)22/h7-10,12,15H,3-6,11H2,1-2H3,(H,19,20)(H,21,22)(H,23,24)/p-2. The zero-order chi connectivity index (χ0) is 18.1. The molecule has 0 saturated heterocycles. The lowest BCUT2D eigenvalue weighted by atomic mass is 9.86. The van der Waals surface area contributed by atoms with E-state index >= 15 is 0 Å². The largest absolute Gasteiger partial charge is 0.550 e. The molecule has 1 aromatic rings. The maximum absolute atomic E-state index is 12.0. The summed E-state index contributed by atoms with van der Waals surface area (Å²) in [5.41, 5.74) is 0.475. The highest BCUT2D eigenvalue weighted by Crippen LogP contribution is 2.22. The highest BCUT2D eigenvalue weighted by atomic mass is 16.4. The quantitative estimate of drug-likeness (QED) is 0.641. The second-order valence-corrected chi connectivity index (χ2v) is 6.02. The molecule has 0 bridgehead atoms. The van der Waals surface area contributed by atoms with Crippen LogP contribution in [-0.4, -0.2) is 17.8 Å². The van der Waals surface area contributed by atoms with E-state index in [-0.39, 0.29) is 23.8 Å². The van der Waals surface area contributed by atoms with Crippen molar-refractivity contribution in [1.82, 2.24) is 0 Å². The lowest BCUT2D eigenvalue weighted by Gasteiger charge is -2.24. The number of aromatic carboxylic acids is 1. The monoisotopic (exact) mass is 333 g/mol. The van der Waals surface area contributed by atoms with Crippen molar-refractivity contribution >= 4 is 23.5 Å². The van der Waals surface area contributed by atoms with Gasteiger partial charge in [-0.25, -0.2) is 0 Å².